The minimum absolute atomic E-state index is 0.108. The fraction of sp³-hybridized carbons (Fsp3) is 0.909. The first-order valence-corrected chi connectivity index (χ1v) is 5.58. The maximum absolute atomic E-state index is 11.4. The van der Waals surface area contributed by atoms with E-state index in [1.807, 2.05) is 0 Å². The zero-order valence-corrected chi connectivity index (χ0v) is 10.1. The summed E-state index contributed by atoms with van der Waals surface area (Å²) in [5, 5.41) is 20.7. The van der Waals surface area contributed by atoms with Crippen LogP contribution < -0.4 is 5.32 Å². The summed E-state index contributed by atoms with van der Waals surface area (Å²) in [5.41, 5.74) is -0.538. The van der Waals surface area contributed by atoms with Crippen molar-refractivity contribution in [1.29, 1.82) is 0 Å². The standard InChI is InChI=1S/C11H21NO4/c1-11(2,3)16-10(15)12-9(6-14)8-4-7(8)5-13/h7-9,13-14H,4-6H2,1-3H3,(H,12,15)/t7-,8+,9+/m1/s1. The van der Waals surface area contributed by atoms with Crippen LogP contribution in [0, 0.1) is 11.8 Å². The smallest absolute Gasteiger partial charge is 0.407 e. The molecule has 1 rings (SSSR count). The van der Waals surface area contributed by atoms with Gasteiger partial charge in [-0.25, -0.2) is 4.79 Å². The Hall–Kier alpha value is -0.810. The maximum Gasteiger partial charge on any atom is 0.407 e. The summed E-state index contributed by atoms with van der Waals surface area (Å²) in [6, 6.07) is -0.313. The zero-order valence-electron chi connectivity index (χ0n) is 10.1. The molecule has 3 atom stereocenters. The first-order valence-electron chi connectivity index (χ1n) is 5.58. The van der Waals surface area contributed by atoms with Gasteiger partial charge in [-0.3, -0.25) is 0 Å². The van der Waals surface area contributed by atoms with Crippen LogP contribution in [0.1, 0.15) is 27.2 Å². The fourth-order valence-corrected chi connectivity index (χ4v) is 1.72. The summed E-state index contributed by atoms with van der Waals surface area (Å²) < 4.78 is 5.09. The van der Waals surface area contributed by atoms with Crippen LogP contribution >= 0.6 is 0 Å². The number of carbonyl (C=O) groups is 1. The van der Waals surface area contributed by atoms with Crippen molar-refractivity contribution in [3.63, 3.8) is 0 Å². The molecular weight excluding hydrogens is 210 g/mol. The lowest BCUT2D eigenvalue weighted by Crippen LogP contribution is -2.42. The van der Waals surface area contributed by atoms with E-state index in [1.54, 1.807) is 20.8 Å². The molecule has 0 aromatic heterocycles. The van der Waals surface area contributed by atoms with Crippen molar-refractivity contribution in [2.45, 2.75) is 38.8 Å². The molecule has 0 aromatic rings. The molecule has 1 amide bonds. The van der Waals surface area contributed by atoms with E-state index >= 15 is 0 Å². The van der Waals surface area contributed by atoms with Crippen LogP contribution in [0.3, 0.4) is 0 Å². The van der Waals surface area contributed by atoms with Gasteiger partial charge in [-0.15, -0.1) is 0 Å². The number of ether oxygens (including phenoxy) is 1. The molecule has 1 fully saturated rings. The largest absolute Gasteiger partial charge is 0.444 e. The molecular formula is C11H21NO4. The third-order valence-electron chi connectivity index (χ3n) is 2.63. The number of alkyl carbamates (subject to hydrolysis) is 1. The number of rotatable bonds is 4. The van der Waals surface area contributed by atoms with E-state index in [1.165, 1.54) is 0 Å². The molecule has 0 radical (unpaired) electrons. The molecule has 1 aliphatic rings. The Labute approximate surface area is 95.8 Å². The second-order valence-electron chi connectivity index (χ2n) is 5.28. The average Bonchev–Trinajstić information content (AvgIpc) is 2.90. The van der Waals surface area contributed by atoms with Crippen LogP contribution in [0.25, 0.3) is 0 Å². The summed E-state index contributed by atoms with van der Waals surface area (Å²) in [5.74, 6) is 0.370. The summed E-state index contributed by atoms with van der Waals surface area (Å²) in [7, 11) is 0. The highest BCUT2D eigenvalue weighted by atomic mass is 16.6. The Bertz CT molecular complexity index is 249. The fourth-order valence-electron chi connectivity index (χ4n) is 1.72. The van der Waals surface area contributed by atoms with E-state index in [0.29, 0.717) is 0 Å². The highest BCUT2D eigenvalue weighted by Crippen LogP contribution is 2.40. The lowest BCUT2D eigenvalue weighted by atomic mass is 10.1. The monoisotopic (exact) mass is 231 g/mol. The molecule has 1 aliphatic carbocycles. The van der Waals surface area contributed by atoms with Gasteiger partial charge in [0.15, 0.2) is 0 Å². The summed E-state index contributed by atoms with van der Waals surface area (Å²) in [6.45, 7) is 5.34. The van der Waals surface area contributed by atoms with Crippen molar-refractivity contribution in [3.05, 3.63) is 0 Å². The molecule has 5 nitrogen and oxygen atoms in total. The minimum Gasteiger partial charge on any atom is -0.444 e. The summed E-state index contributed by atoms with van der Waals surface area (Å²) >= 11 is 0. The third-order valence-corrected chi connectivity index (χ3v) is 2.63. The highest BCUT2D eigenvalue weighted by molar-refractivity contribution is 5.68. The van der Waals surface area contributed by atoms with E-state index in [4.69, 9.17) is 14.9 Å². The first kappa shape index (κ1) is 13.3. The minimum atomic E-state index is -0.538. The van der Waals surface area contributed by atoms with Crippen LogP contribution in [-0.4, -0.2) is 41.2 Å². The van der Waals surface area contributed by atoms with Crippen molar-refractivity contribution in [1.82, 2.24) is 5.32 Å². The van der Waals surface area contributed by atoms with Crippen LogP contribution in [0.4, 0.5) is 4.79 Å². The normalized spacial score (nSPS) is 26.1. The molecule has 94 valence electrons. The lowest BCUT2D eigenvalue weighted by molar-refractivity contribution is 0.0469. The Morgan fingerprint density at radius 1 is 1.50 bits per heavy atom. The van der Waals surface area contributed by atoms with E-state index in [0.717, 1.165) is 6.42 Å². The van der Waals surface area contributed by atoms with E-state index < -0.39 is 11.7 Å². The quantitative estimate of drug-likeness (QED) is 0.658. The van der Waals surface area contributed by atoms with E-state index in [-0.39, 0.29) is 31.1 Å². The van der Waals surface area contributed by atoms with Gasteiger partial charge in [0, 0.05) is 6.61 Å². The number of amides is 1. The molecule has 0 aromatic carbocycles. The zero-order chi connectivity index (χ0) is 12.3. The predicted octanol–water partition coefficient (Wildman–Crippen LogP) is 0.500. The van der Waals surface area contributed by atoms with Gasteiger partial charge in [-0.1, -0.05) is 0 Å². The number of carbonyl (C=O) groups excluding carboxylic acids is 1. The number of hydrogen-bond acceptors (Lipinski definition) is 4. The Balaban J connectivity index is 2.37. The number of aliphatic hydroxyl groups is 2. The van der Waals surface area contributed by atoms with Gasteiger partial charge in [-0.05, 0) is 39.0 Å². The number of hydrogen-bond donors (Lipinski definition) is 3. The van der Waals surface area contributed by atoms with Crippen molar-refractivity contribution >= 4 is 6.09 Å². The Morgan fingerprint density at radius 3 is 2.50 bits per heavy atom. The summed E-state index contributed by atoms with van der Waals surface area (Å²) in [4.78, 5) is 11.4. The van der Waals surface area contributed by atoms with E-state index in [2.05, 4.69) is 5.32 Å². The second kappa shape index (κ2) is 5.01. The van der Waals surface area contributed by atoms with Gasteiger partial charge in [-0.2, -0.15) is 0 Å². The third kappa shape index (κ3) is 3.98. The van der Waals surface area contributed by atoms with Crippen molar-refractivity contribution < 1.29 is 19.7 Å². The molecule has 0 unspecified atom stereocenters. The lowest BCUT2D eigenvalue weighted by Gasteiger charge is -2.22. The topological polar surface area (TPSA) is 78.8 Å². The molecule has 5 heteroatoms. The van der Waals surface area contributed by atoms with Crippen LogP contribution in [0.5, 0.6) is 0 Å². The van der Waals surface area contributed by atoms with Crippen LogP contribution in [0.15, 0.2) is 0 Å². The molecule has 1 saturated carbocycles. The molecule has 0 aliphatic heterocycles. The molecule has 0 saturated heterocycles. The van der Waals surface area contributed by atoms with Gasteiger partial charge in [0.25, 0.3) is 0 Å². The summed E-state index contributed by atoms with van der Waals surface area (Å²) in [6.07, 6.45) is 0.326. The Kier molecular flexibility index (Phi) is 4.15. The number of nitrogens with one attached hydrogen (secondary N) is 1. The first-order chi connectivity index (χ1) is 7.37. The highest BCUT2D eigenvalue weighted by Gasteiger charge is 2.43. The van der Waals surface area contributed by atoms with Gasteiger partial charge in [0.05, 0.1) is 12.6 Å². The molecule has 0 bridgehead atoms. The molecule has 0 heterocycles. The van der Waals surface area contributed by atoms with Gasteiger partial charge >= 0.3 is 6.09 Å². The predicted molar refractivity (Wildman–Crippen MR) is 58.9 cm³/mol. The molecule has 0 spiro atoms. The van der Waals surface area contributed by atoms with Crippen molar-refractivity contribution in [2.24, 2.45) is 11.8 Å². The molecule has 3 N–H and O–H groups in total. The van der Waals surface area contributed by atoms with Gasteiger partial charge in [0.1, 0.15) is 5.60 Å². The van der Waals surface area contributed by atoms with Crippen LogP contribution in [0.2, 0.25) is 0 Å². The van der Waals surface area contributed by atoms with Gasteiger partial charge < -0.3 is 20.3 Å². The van der Waals surface area contributed by atoms with Crippen molar-refractivity contribution in [3.8, 4) is 0 Å². The van der Waals surface area contributed by atoms with E-state index in [9.17, 15) is 4.79 Å². The maximum atomic E-state index is 11.4. The Morgan fingerprint density at radius 2 is 2.12 bits per heavy atom. The van der Waals surface area contributed by atoms with Gasteiger partial charge in [0.2, 0.25) is 0 Å². The SMILES string of the molecule is CC(C)(C)OC(=O)N[C@@H](CO)[C@H]1C[C@@H]1CO. The average molecular weight is 231 g/mol. The number of aliphatic hydroxyl groups excluding tert-OH is 2. The van der Waals surface area contributed by atoms with Crippen LogP contribution in [-0.2, 0) is 4.74 Å². The van der Waals surface area contributed by atoms with Crippen molar-refractivity contribution in [2.75, 3.05) is 13.2 Å². The molecule has 16 heavy (non-hydrogen) atoms. The second-order valence-corrected chi connectivity index (χ2v) is 5.28.